The highest BCUT2D eigenvalue weighted by molar-refractivity contribution is 5.82. The number of methoxy groups -OCH3 is 1. The summed E-state index contributed by atoms with van der Waals surface area (Å²) < 4.78 is 5.20. The van der Waals surface area contributed by atoms with E-state index >= 15 is 0 Å². The number of rotatable bonds is 8. The van der Waals surface area contributed by atoms with Crippen LogP contribution in [0.5, 0.6) is 5.75 Å². The highest BCUT2D eigenvalue weighted by atomic mass is 16.5. The van der Waals surface area contributed by atoms with Crippen LogP contribution in [0.3, 0.4) is 0 Å². The lowest BCUT2D eigenvalue weighted by Gasteiger charge is -2.50. The number of benzene rings is 2. The molecule has 2 aliphatic rings. The van der Waals surface area contributed by atoms with Gasteiger partial charge in [-0.15, -0.1) is 0 Å². The number of amides is 2. The lowest BCUT2D eigenvalue weighted by atomic mass is 9.71. The average molecular weight is 450 g/mol. The first kappa shape index (κ1) is 23.3. The molecule has 2 aromatic rings. The monoisotopic (exact) mass is 449 g/mol. The van der Waals surface area contributed by atoms with Gasteiger partial charge < -0.3 is 15.0 Å². The first-order valence-electron chi connectivity index (χ1n) is 11.9. The van der Waals surface area contributed by atoms with Gasteiger partial charge in [-0.1, -0.05) is 42.5 Å². The Morgan fingerprint density at radius 2 is 1.73 bits per heavy atom. The number of nitrogens with one attached hydrogen (secondary N) is 1. The summed E-state index contributed by atoms with van der Waals surface area (Å²) in [5, 5.41) is 3.11. The lowest BCUT2D eigenvalue weighted by Crippen LogP contribution is -2.64. The molecule has 0 bridgehead atoms. The van der Waals surface area contributed by atoms with Gasteiger partial charge in [-0.05, 0) is 43.5 Å². The molecule has 2 aromatic carbocycles. The number of likely N-dealkylation sites (tertiary alicyclic amines) is 2. The van der Waals surface area contributed by atoms with Crippen LogP contribution in [0.4, 0.5) is 0 Å². The van der Waals surface area contributed by atoms with E-state index in [0.717, 1.165) is 30.9 Å². The number of carbonyl (C=O) groups excluding carboxylic acids is 2. The average Bonchev–Trinajstić information content (AvgIpc) is 3.17. The van der Waals surface area contributed by atoms with E-state index in [-0.39, 0.29) is 29.2 Å². The summed E-state index contributed by atoms with van der Waals surface area (Å²) >= 11 is 0. The number of hydrogen-bond donors (Lipinski definition) is 1. The molecule has 2 heterocycles. The SMILES string of the molecule is COc1ccc(CCC(=O)N2CC3(CN(Cc4ccccc4)CC3C(=O)NC(C)C)C2)cc1. The number of aryl methyl sites for hydroxylation is 1. The fourth-order valence-electron chi connectivity index (χ4n) is 5.19. The maximum Gasteiger partial charge on any atom is 0.225 e. The van der Waals surface area contributed by atoms with E-state index in [4.69, 9.17) is 4.74 Å². The highest BCUT2D eigenvalue weighted by Crippen LogP contribution is 2.45. The van der Waals surface area contributed by atoms with Crippen LogP contribution in [0.15, 0.2) is 54.6 Å². The number of hydrogen-bond acceptors (Lipinski definition) is 4. The summed E-state index contributed by atoms with van der Waals surface area (Å²) in [6, 6.07) is 18.4. The summed E-state index contributed by atoms with van der Waals surface area (Å²) in [6.45, 7) is 7.74. The molecule has 0 aromatic heterocycles. The van der Waals surface area contributed by atoms with Gasteiger partial charge in [0.1, 0.15) is 5.75 Å². The van der Waals surface area contributed by atoms with Crippen LogP contribution in [-0.4, -0.2) is 60.9 Å². The van der Waals surface area contributed by atoms with Crippen molar-refractivity contribution in [3.8, 4) is 5.75 Å². The van der Waals surface area contributed by atoms with Crippen molar-refractivity contribution in [3.63, 3.8) is 0 Å². The molecule has 0 aliphatic carbocycles. The van der Waals surface area contributed by atoms with E-state index < -0.39 is 0 Å². The van der Waals surface area contributed by atoms with Crippen LogP contribution in [-0.2, 0) is 22.6 Å². The second-order valence-electron chi connectivity index (χ2n) is 9.83. The molecule has 2 amide bonds. The van der Waals surface area contributed by atoms with Crippen molar-refractivity contribution >= 4 is 11.8 Å². The molecular weight excluding hydrogens is 414 g/mol. The zero-order chi connectivity index (χ0) is 23.4. The summed E-state index contributed by atoms with van der Waals surface area (Å²) in [7, 11) is 1.65. The Morgan fingerprint density at radius 1 is 1.03 bits per heavy atom. The third kappa shape index (κ3) is 5.38. The molecular formula is C27H35N3O3. The molecule has 1 atom stereocenters. The largest absolute Gasteiger partial charge is 0.497 e. The summed E-state index contributed by atoms with van der Waals surface area (Å²) in [5.41, 5.74) is 2.23. The Morgan fingerprint density at radius 3 is 2.36 bits per heavy atom. The van der Waals surface area contributed by atoms with Gasteiger partial charge in [0.15, 0.2) is 0 Å². The van der Waals surface area contributed by atoms with Crippen molar-refractivity contribution in [2.75, 3.05) is 33.3 Å². The minimum absolute atomic E-state index is 0.0887. The Kier molecular flexibility index (Phi) is 7.03. The molecule has 1 unspecified atom stereocenters. The molecule has 0 saturated carbocycles. The minimum Gasteiger partial charge on any atom is -0.497 e. The molecule has 2 saturated heterocycles. The zero-order valence-electron chi connectivity index (χ0n) is 19.9. The van der Waals surface area contributed by atoms with Crippen LogP contribution >= 0.6 is 0 Å². The van der Waals surface area contributed by atoms with Crippen LogP contribution in [0, 0.1) is 11.3 Å². The Labute approximate surface area is 196 Å². The molecule has 33 heavy (non-hydrogen) atoms. The second kappa shape index (κ2) is 9.96. The van der Waals surface area contributed by atoms with E-state index in [9.17, 15) is 9.59 Å². The second-order valence-corrected chi connectivity index (χ2v) is 9.83. The van der Waals surface area contributed by atoms with Gasteiger partial charge in [0.05, 0.1) is 13.0 Å². The van der Waals surface area contributed by atoms with Crippen molar-refractivity contribution in [1.82, 2.24) is 15.1 Å². The van der Waals surface area contributed by atoms with Crippen molar-refractivity contribution < 1.29 is 14.3 Å². The van der Waals surface area contributed by atoms with Gasteiger partial charge >= 0.3 is 0 Å². The first-order chi connectivity index (χ1) is 15.9. The lowest BCUT2D eigenvalue weighted by molar-refractivity contribution is -0.149. The van der Waals surface area contributed by atoms with Crippen LogP contribution in [0.1, 0.15) is 31.4 Å². The van der Waals surface area contributed by atoms with E-state index in [1.807, 2.05) is 49.1 Å². The van der Waals surface area contributed by atoms with Gasteiger partial charge in [0.2, 0.25) is 11.8 Å². The summed E-state index contributed by atoms with van der Waals surface area (Å²) in [4.78, 5) is 30.2. The quantitative estimate of drug-likeness (QED) is 0.673. The van der Waals surface area contributed by atoms with Crippen molar-refractivity contribution in [2.24, 2.45) is 11.3 Å². The van der Waals surface area contributed by atoms with Gasteiger partial charge in [0.25, 0.3) is 0 Å². The molecule has 6 nitrogen and oxygen atoms in total. The standard InChI is InChI=1S/C27H35N3O3/c1-20(2)28-26(32)24-16-29(15-22-7-5-4-6-8-22)17-27(24)18-30(19-27)25(31)14-11-21-9-12-23(33-3)13-10-21/h4-10,12-13,20,24H,11,14-19H2,1-3H3,(H,28,32). The summed E-state index contributed by atoms with van der Waals surface area (Å²) in [6.07, 6.45) is 1.20. The Bertz CT molecular complexity index is 952. The maximum atomic E-state index is 13.1. The number of carbonyl (C=O) groups is 2. The van der Waals surface area contributed by atoms with E-state index in [1.54, 1.807) is 7.11 Å². The Hall–Kier alpha value is -2.86. The van der Waals surface area contributed by atoms with Gasteiger partial charge in [-0.3, -0.25) is 14.5 Å². The van der Waals surface area contributed by atoms with Crippen LogP contribution in [0.25, 0.3) is 0 Å². The first-order valence-corrected chi connectivity index (χ1v) is 11.9. The predicted molar refractivity (Wildman–Crippen MR) is 129 cm³/mol. The highest BCUT2D eigenvalue weighted by Gasteiger charge is 2.57. The van der Waals surface area contributed by atoms with Crippen molar-refractivity contribution in [1.29, 1.82) is 0 Å². The third-order valence-corrected chi connectivity index (χ3v) is 6.87. The molecule has 2 fully saturated rings. The fourth-order valence-corrected chi connectivity index (χ4v) is 5.19. The van der Waals surface area contributed by atoms with Crippen molar-refractivity contribution in [2.45, 2.75) is 39.3 Å². The molecule has 1 spiro atoms. The molecule has 4 rings (SSSR count). The van der Waals surface area contributed by atoms with Gasteiger partial charge in [0, 0.05) is 50.6 Å². The zero-order valence-corrected chi connectivity index (χ0v) is 19.9. The maximum absolute atomic E-state index is 13.1. The molecule has 2 aliphatic heterocycles. The van der Waals surface area contributed by atoms with Gasteiger partial charge in [-0.25, -0.2) is 0 Å². The predicted octanol–water partition coefficient (Wildman–Crippen LogP) is 3.11. The number of ether oxygens (including phenoxy) is 1. The number of nitrogens with zero attached hydrogens (tertiary/aromatic N) is 2. The molecule has 6 heteroatoms. The van der Waals surface area contributed by atoms with E-state index in [2.05, 4.69) is 34.5 Å². The minimum atomic E-state index is -0.149. The van der Waals surface area contributed by atoms with Crippen molar-refractivity contribution in [3.05, 3.63) is 65.7 Å². The summed E-state index contributed by atoms with van der Waals surface area (Å²) in [5.74, 6) is 1.02. The third-order valence-electron chi connectivity index (χ3n) is 6.87. The topological polar surface area (TPSA) is 61.9 Å². The van der Waals surface area contributed by atoms with Crippen LogP contribution < -0.4 is 10.1 Å². The smallest absolute Gasteiger partial charge is 0.225 e. The van der Waals surface area contributed by atoms with E-state index in [1.165, 1.54) is 5.56 Å². The van der Waals surface area contributed by atoms with E-state index in [0.29, 0.717) is 25.9 Å². The van der Waals surface area contributed by atoms with Crippen LogP contribution in [0.2, 0.25) is 0 Å². The fraction of sp³-hybridized carbons (Fsp3) is 0.481. The molecule has 176 valence electrons. The van der Waals surface area contributed by atoms with Gasteiger partial charge in [-0.2, -0.15) is 0 Å². The Balaban J connectivity index is 1.37. The molecule has 0 radical (unpaired) electrons. The molecule has 1 N–H and O–H groups in total. The normalized spacial score (nSPS) is 19.5.